The Hall–Kier alpha value is -0.901. The van der Waals surface area contributed by atoms with E-state index in [-0.39, 0.29) is 86.2 Å². The van der Waals surface area contributed by atoms with Crippen molar-refractivity contribution in [2.75, 3.05) is 0 Å². The molecule has 0 aliphatic carbocycles. The van der Waals surface area contributed by atoms with Crippen molar-refractivity contribution in [2.45, 2.75) is 0 Å². The van der Waals surface area contributed by atoms with Crippen LogP contribution in [0.15, 0.2) is 24.3 Å². The van der Waals surface area contributed by atoms with Crippen LogP contribution in [0.3, 0.4) is 0 Å². The van der Waals surface area contributed by atoms with Crippen LogP contribution in [-0.4, -0.2) is 99.4 Å². The van der Waals surface area contributed by atoms with Crippen molar-refractivity contribution in [3.05, 3.63) is 46.5 Å². The van der Waals surface area contributed by atoms with E-state index in [0.717, 1.165) is 24.3 Å². The van der Waals surface area contributed by atoms with Crippen LogP contribution in [0.25, 0.3) is 10.8 Å². The largest absolute Gasteiger partial charge is 2.00 e. The number of fused-ring (bicyclic) bond motifs is 1. The minimum atomic E-state index is -1.81. The fraction of sp³-hybridized carbons (Fsp3) is 0. The van der Waals surface area contributed by atoms with Gasteiger partial charge in [0.05, 0.1) is 23.9 Å². The van der Waals surface area contributed by atoms with Crippen LogP contribution >= 0.6 is 0 Å². The van der Waals surface area contributed by atoms with Crippen LogP contribution in [0.5, 0.6) is 0 Å². The molecule has 0 spiro atoms. The van der Waals surface area contributed by atoms with E-state index >= 15 is 0 Å². The minimum Gasteiger partial charge on any atom is -0.545 e. The number of rotatable bonds is 4. The van der Waals surface area contributed by atoms with Crippen molar-refractivity contribution in [1.82, 2.24) is 0 Å². The molecule has 2 aromatic carbocycles. The fourth-order valence-corrected chi connectivity index (χ4v) is 2.03. The number of carbonyl (C=O) groups excluding carboxylic acids is 4. The number of carbonyl (C=O) groups is 4. The van der Waals surface area contributed by atoms with Gasteiger partial charge in [-0.1, -0.05) is 0 Å². The van der Waals surface area contributed by atoms with Gasteiger partial charge in [-0.3, -0.25) is 0 Å². The van der Waals surface area contributed by atoms with Gasteiger partial charge in [0.15, 0.2) is 0 Å². The van der Waals surface area contributed by atoms with Gasteiger partial charge in [-0.05, 0) is 35.0 Å². The van der Waals surface area contributed by atoms with Gasteiger partial charge in [-0.25, -0.2) is 0 Å². The SMILES string of the molecule is O=C([O-])c1cc2cc(C(=O)[O-])c(C(=O)[O-])cc2cc1C(=O)[O-].[Ca+2].[Ca+2]. The molecule has 0 unspecified atom stereocenters. The average Bonchev–Trinajstić information content (AvgIpc) is 2.43. The maximum absolute atomic E-state index is 10.9. The van der Waals surface area contributed by atoms with Gasteiger partial charge in [0, 0.05) is 22.3 Å². The molecule has 0 fully saturated rings. The topological polar surface area (TPSA) is 161 Å². The molecule has 0 amide bonds. The van der Waals surface area contributed by atoms with Crippen LogP contribution in [0.1, 0.15) is 41.4 Å². The molecular formula is C14H4Ca2O8. The normalized spacial score (nSPS) is 9.50. The third-order valence-electron chi connectivity index (χ3n) is 2.99. The molecule has 0 heterocycles. The van der Waals surface area contributed by atoms with Crippen molar-refractivity contribution < 1.29 is 39.6 Å². The monoisotopic (exact) mass is 380 g/mol. The van der Waals surface area contributed by atoms with E-state index < -0.39 is 46.1 Å². The van der Waals surface area contributed by atoms with Crippen molar-refractivity contribution in [2.24, 2.45) is 0 Å². The Kier molecular flexibility index (Phi) is 8.64. The first kappa shape index (κ1) is 23.1. The Labute approximate surface area is 194 Å². The Morgan fingerprint density at radius 2 is 0.667 bits per heavy atom. The molecule has 8 nitrogen and oxygen atoms in total. The molecule has 24 heavy (non-hydrogen) atoms. The Balaban J connectivity index is 0.00000264. The quantitative estimate of drug-likeness (QED) is 0.480. The van der Waals surface area contributed by atoms with Crippen molar-refractivity contribution in [1.29, 1.82) is 0 Å². The fourth-order valence-electron chi connectivity index (χ4n) is 2.03. The average molecular weight is 380 g/mol. The summed E-state index contributed by atoms with van der Waals surface area (Å²) >= 11 is 0. The molecule has 0 saturated carbocycles. The second kappa shape index (κ2) is 8.98. The van der Waals surface area contributed by atoms with E-state index in [1.165, 1.54) is 0 Å². The van der Waals surface area contributed by atoms with E-state index in [2.05, 4.69) is 0 Å². The van der Waals surface area contributed by atoms with Gasteiger partial charge in [-0.2, -0.15) is 0 Å². The zero-order valence-corrected chi connectivity index (χ0v) is 16.4. The summed E-state index contributed by atoms with van der Waals surface area (Å²) in [6.07, 6.45) is 0. The molecule has 10 heteroatoms. The number of hydrogen-bond acceptors (Lipinski definition) is 8. The standard InChI is InChI=1S/C14H8O8.2Ca/c15-11(16)7-1-5-2-9(13(19)20)10(14(21)22)4-6(5)3-8(7)12(17)18;;/h1-4H,(H,15,16)(H,17,18)(H,19,20)(H,21,22);;/q;2*+2/p-4. The van der Waals surface area contributed by atoms with Gasteiger partial charge in [0.25, 0.3) is 0 Å². The zero-order valence-electron chi connectivity index (χ0n) is 12.0. The number of benzene rings is 2. The number of hydrogen-bond donors (Lipinski definition) is 0. The Morgan fingerprint density at radius 3 is 0.792 bits per heavy atom. The summed E-state index contributed by atoms with van der Waals surface area (Å²) in [7, 11) is 0. The van der Waals surface area contributed by atoms with Crippen LogP contribution in [-0.2, 0) is 0 Å². The summed E-state index contributed by atoms with van der Waals surface area (Å²) in [5.74, 6) is -7.22. The van der Waals surface area contributed by atoms with E-state index in [4.69, 9.17) is 0 Å². The molecule has 0 radical (unpaired) electrons. The van der Waals surface area contributed by atoms with Crippen LogP contribution < -0.4 is 20.4 Å². The van der Waals surface area contributed by atoms with Gasteiger partial charge in [0.2, 0.25) is 0 Å². The van der Waals surface area contributed by atoms with E-state index in [0.29, 0.717) is 0 Å². The second-order valence-corrected chi connectivity index (χ2v) is 4.29. The molecule has 0 aliphatic heterocycles. The van der Waals surface area contributed by atoms with Crippen molar-refractivity contribution in [3.63, 3.8) is 0 Å². The van der Waals surface area contributed by atoms with E-state index in [9.17, 15) is 39.6 Å². The van der Waals surface area contributed by atoms with Gasteiger partial charge in [-0.15, -0.1) is 0 Å². The van der Waals surface area contributed by atoms with Crippen molar-refractivity contribution >= 4 is 110 Å². The van der Waals surface area contributed by atoms with Gasteiger partial charge in [0.1, 0.15) is 0 Å². The molecule has 2 rings (SSSR count). The van der Waals surface area contributed by atoms with Gasteiger partial charge >= 0.3 is 75.5 Å². The summed E-state index contributed by atoms with van der Waals surface area (Å²) in [6, 6.07) is 3.39. The zero-order chi connectivity index (χ0) is 16.6. The Morgan fingerprint density at radius 1 is 0.500 bits per heavy atom. The second-order valence-electron chi connectivity index (χ2n) is 4.29. The first-order valence-electron chi connectivity index (χ1n) is 5.69. The summed E-state index contributed by atoms with van der Waals surface area (Å²) in [5.41, 5.74) is -2.90. The molecule has 0 aliphatic rings. The molecule has 0 atom stereocenters. The minimum absolute atomic E-state index is 0. The molecule has 0 aromatic heterocycles. The molecular weight excluding hydrogens is 376 g/mol. The maximum Gasteiger partial charge on any atom is 2.00 e. The maximum atomic E-state index is 10.9. The summed E-state index contributed by atoms with van der Waals surface area (Å²) < 4.78 is 0. The third-order valence-corrected chi connectivity index (χ3v) is 2.99. The van der Waals surface area contributed by atoms with Crippen LogP contribution in [0.4, 0.5) is 0 Å². The first-order chi connectivity index (χ1) is 10.2. The Bertz CT molecular complexity index is 722. The number of aromatic carboxylic acids is 4. The van der Waals surface area contributed by atoms with Crippen molar-refractivity contribution in [3.8, 4) is 0 Å². The third kappa shape index (κ3) is 4.59. The van der Waals surface area contributed by atoms with Gasteiger partial charge < -0.3 is 39.6 Å². The molecule has 0 bridgehead atoms. The first-order valence-corrected chi connectivity index (χ1v) is 5.69. The predicted molar refractivity (Wildman–Crippen MR) is 72.8 cm³/mol. The van der Waals surface area contributed by atoms with Crippen LogP contribution in [0, 0.1) is 0 Å². The summed E-state index contributed by atoms with van der Waals surface area (Å²) in [4.78, 5) is 43.7. The summed E-state index contributed by atoms with van der Waals surface area (Å²) in [5, 5.41) is 43.7. The number of carboxylic acid groups (broad SMARTS) is 4. The summed E-state index contributed by atoms with van der Waals surface area (Å²) in [6.45, 7) is 0. The van der Waals surface area contributed by atoms with Crippen LogP contribution in [0.2, 0.25) is 0 Å². The smallest absolute Gasteiger partial charge is 0.545 e. The molecule has 0 N–H and O–H groups in total. The van der Waals surface area contributed by atoms with E-state index in [1.807, 2.05) is 0 Å². The molecule has 2 aromatic rings. The number of carboxylic acids is 4. The van der Waals surface area contributed by atoms with E-state index in [1.54, 1.807) is 0 Å². The molecule has 0 saturated heterocycles. The molecule has 112 valence electrons. The predicted octanol–water partition coefficient (Wildman–Crippen LogP) is -4.47.